The van der Waals surface area contributed by atoms with Crippen molar-refractivity contribution in [2.45, 2.75) is 0 Å². The lowest BCUT2D eigenvalue weighted by molar-refractivity contribution is 1.59. The van der Waals surface area contributed by atoms with Crippen molar-refractivity contribution < 1.29 is 0 Å². The molecular weight excluding hydrogens is 513 g/mol. The Hall–Kier alpha value is -4.98. The second-order valence-electron chi connectivity index (χ2n) is 10.9. The molecule has 7 aromatic carbocycles. The molecular formula is C40H24S. The molecule has 0 amide bonds. The van der Waals surface area contributed by atoms with E-state index in [-0.39, 0.29) is 0 Å². The van der Waals surface area contributed by atoms with Crippen LogP contribution in [0.5, 0.6) is 0 Å². The molecule has 41 heavy (non-hydrogen) atoms. The molecule has 190 valence electrons. The molecule has 0 spiro atoms. The fourth-order valence-electron chi connectivity index (χ4n) is 6.62. The number of thiophene rings is 1. The van der Waals surface area contributed by atoms with Crippen LogP contribution in [0.4, 0.5) is 0 Å². The van der Waals surface area contributed by atoms with Crippen LogP contribution in [0.15, 0.2) is 146 Å². The molecule has 0 N–H and O–H groups in total. The van der Waals surface area contributed by atoms with Gasteiger partial charge in [0.25, 0.3) is 0 Å². The summed E-state index contributed by atoms with van der Waals surface area (Å²) in [5.41, 5.74) is 12.8. The number of hydrogen-bond acceptors (Lipinski definition) is 1. The van der Waals surface area contributed by atoms with Crippen molar-refractivity contribution in [3.63, 3.8) is 0 Å². The standard InChI is InChI=1S/C40H24S/c1-2-11-33-32(10-1)35-13-6-9-30-22-31(24-37(33)40(30)35)28-8-5-7-27(21-28)25-15-17-26(18-16-25)29-19-20-39-36(23-29)34-12-3-4-14-38(34)41-39/h1-24H. The number of hydrogen-bond donors (Lipinski definition) is 0. The fourth-order valence-corrected chi connectivity index (χ4v) is 7.71. The first-order valence-electron chi connectivity index (χ1n) is 14.1. The minimum atomic E-state index is 1.23. The predicted molar refractivity (Wildman–Crippen MR) is 178 cm³/mol. The van der Waals surface area contributed by atoms with E-state index >= 15 is 0 Å². The monoisotopic (exact) mass is 536 g/mol. The number of rotatable bonds is 3. The van der Waals surface area contributed by atoms with Crippen LogP contribution in [0, 0.1) is 0 Å². The van der Waals surface area contributed by atoms with E-state index < -0.39 is 0 Å². The van der Waals surface area contributed by atoms with Crippen LogP contribution in [0.1, 0.15) is 0 Å². The van der Waals surface area contributed by atoms with Gasteiger partial charge in [-0.05, 0) is 103 Å². The third kappa shape index (κ3) is 3.53. The van der Waals surface area contributed by atoms with Gasteiger partial charge in [-0.25, -0.2) is 0 Å². The fraction of sp³-hybridized carbons (Fsp3) is 0. The van der Waals surface area contributed by atoms with Gasteiger partial charge in [-0.3, -0.25) is 0 Å². The van der Waals surface area contributed by atoms with E-state index in [4.69, 9.17) is 0 Å². The molecule has 0 bridgehead atoms. The molecule has 0 fully saturated rings. The van der Waals surface area contributed by atoms with Gasteiger partial charge in [0.1, 0.15) is 0 Å². The lowest BCUT2D eigenvalue weighted by Crippen LogP contribution is -1.85. The Bertz CT molecular complexity index is 2300. The maximum absolute atomic E-state index is 2.38. The first-order chi connectivity index (χ1) is 20.3. The molecule has 1 heterocycles. The van der Waals surface area contributed by atoms with Gasteiger partial charge < -0.3 is 0 Å². The Morgan fingerprint density at radius 1 is 0.317 bits per heavy atom. The Morgan fingerprint density at radius 2 is 0.927 bits per heavy atom. The Labute approximate surface area is 242 Å². The van der Waals surface area contributed by atoms with Gasteiger partial charge in [0.05, 0.1) is 0 Å². The van der Waals surface area contributed by atoms with E-state index in [9.17, 15) is 0 Å². The van der Waals surface area contributed by atoms with Crippen molar-refractivity contribution in [2.24, 2.45) is 0 Å². The van der Waals surface area contributed by atoms with E-state index in [2.05, 4.69) is 146 Å². The highest BCUT2D eigenvalue weighted by atomic mass is 32.1. The minimum Gasteiger partial charge on any atom is -0.135 e. The zero-order valence-corrected chi connectivity index (χ0v) is 23.1. The Morgan fingerprint density at radius 3 is 1.76 bits per heavy atom. The van der Waals surface area contributed by atoms with Crippen LogP contribution in [-0.4, -0.2) is 0 Å². The van der Waals surface area contributed by atoms with Crippen LogP contribution >= 0.6 is 11.3 Å². The minimum absolute atomic E-state index is 1.23. The van der Waals surface area contributed by atoms with E-state index in [0.717, 1.165) is 0 Å². The molecule has 0 saturated heterocycles. The Balaban J connectivity index is 1.09. The largest absolute Gasteiger partial charge is 0.135 e. The second kappa shape index (κ2) is 8.76. The second-order valence-corrected chi connectivity index (χ2v) is 12.0. The van der Waals surface area contributed by atoms with Crippen molar-refractivity contribution in [1.82, 2.24) is 0 Å². The van der Waals surface area contributed by atoms with Gasteiger partial charge in [0.2, 0.25) is 0 Å². The van der Waals surface area contributed by atoms with Gasteiger partial charge in [-0.2, -0.15) is 0 Å². The first kappa shape index (κ1) is 22.8. The molecule has 1 heteroatoms. The average molecular weight is 537 g/mol. The lowest BCUT2D eigenvalue weighted by Gasteiger charge is -2.10. The predicted octanol–water partition coefficient (Wildman–Crippen LogP) is 11.9. The van der Waals surface area contributed by atoms with Crippen molar-refractivity contribution in [3.8, 4) is 55.6 Å². The summed E-state index contributed by atoms with van der Waals surface area (Å²) in [5, 5.41) is 5.36. The van der Waals surface area contributed by atoms with Crippen LogP contribution in [0.25, 0.3) is 86.6 Å². The molecule has 1 aliphatic rings. The van der Waals surface area contributed by atoms with Crippen LogP contribution < -0.4 is 0 Å². The lowest BCUT2D eigenvalue weighted by atomic mass is 9.93. The maximum atomic E-state index is 2.38. The summed E-state index contributed by atoms with van der Waals surface area (Å²) in [6.07, 6.45) is 0. The molecule has 9 rings (SSSR count). The smallest absolute Gasteiger partial charge is 0.0355 e. The van der Waals surface area contributed by atoms with Crippen molar-refractivity contribution in [1.29, 1.82) is 0 Å². The van der Waals surface area contributed by atoms with E-state index in [1.165, 1.54) is 86.6 Å². The zero-order chi connectivity index (χ0) is 26.9. The van der Waals surface area contributed by atoms with Gasteiger partial charge in [0.15, 0.2) is 0 Å². The van der Waals surface area contributed by atoms with Crippen molar-refractivity contribution in [2.75, 3.05) is 0 Å². The molecule has 8 aromatic rings. The number of benzene rings is 7. The van der Waals surface area contributed by atoms with Crippen LogP contribution in [0.2, 0.25) is 0 Å². The third-order valence-electron chi connectivity index (χ3n) is 8.61. The van der Waals surface area contributed by atoms with Crippen LogP contribution in [0.3, 0.4) is 0 Å². The molecule has 0 nitrogen and oxygen atoms in total. The number of fused-ring (bicyclic) bond motifs is 6. The van der Waals surface area contributed by atoms with Gasteiger partial charge in [0, 0.05) is 20.2 Å². The molecule has 0 saturated carbocycles. The summed E-state index contributed by atoms with van der Waals surface area (Å²) in [4.78, 5) is 0. The van der Waals surface area contributed by atoms with Gasteiger partial charge >= 0.3 is 0 Å². The topological polar surface area (TPSA) is 0 Å². The molecule has 0 aliphatic heterocycles. The summed E-state index contributed by atoms with van der Waals surface area (Å²) in [5.74, 6) is 0. The quantitative estimate of drug-likeness (QED) is 0.211. The zero-order valence-electron chi connectivity index (χ0n) is 22.3. The summed E-state index contributed by atoms with van der Waals surface area (Å²) < 4.78 is 2.69. The molecule has 1 aliphatic carbocycles. The normalized spacial score (nSPS) is 11.9. The van der Waals surface area contributed by atoms with Crippen molar-refractivity contribution in [3.05, 3.63) is 146 Å². The van der Waals surface area contributed by atoms with Crippen LogP contribution in [-0.2, 0) is 0 Å². The van der Waals surface area contributed by atoms with Crippen molar-refractivity contribution >= 4 is 42.3 Å². The Kier molecular flexibility index (Phi) is 4.87. The SMILES string of the molecule is c1cc(-c2ccc(-c3ccc4sc5ccccc5c4c3)cc2)cc(-c2cc3c4c(cccc4c2)-c2ccccc2-3)c1. The molecule has 1 aromatic heterocycles. The highest BCUT2D eigenvalue weighted by molar-refractivity contribution is 7.25. The van der Waals surface area contributed by atoms with E-state index in [0.29, 0.717) is 0 Å². The first-order valence-corrected chi connectivity index (χ1v) is 14.9. The molecule has 0 radical (unpaired) electrons. The summed E-state index contributed by atoms with van der Waals surface area (Å²) in [6.45, 7) is 0. The highest BCUT2D eigenvalue weighted by Gasteiger charge is 2.21. The summed E-state index contributed by atoms with van der Waals surface area (Å²) in [7, 11) is 0. The summed E-state index contributed by atoms with van der Waals surface area (Å²) >= 11 is 1.87. The van der Waals surface area contributed by atoms with Gasteiger partial charge in [-0.15, -0.1) is 11.3 Å². The van der Waals surface area contributed by atoms with E-state index in [1.54, 1.807) is 0 Å². The third-order valence-corrected chi connectivity index (χ3v) is 9.76. The average Bonchev–Trinajstić information content (AvgIpc) is 3.58. The summed E-state index contributed by atoms with van der Waals surface area (Å²) in [6, 6.07) is 53.7. The highest BCUT2D eigenvalue weighted by Crippen LogP contribution is 2.48. The molecule has 0 atom stereocenters. The molecule has 0 unspecified atom stereocenters. The maximum Gasteiger partial charge on any atom is 0.0355 e. The van der Waals surface area contributed by atoms with Gasteiger partial charge in [-0.1, -0.05) is 109 Å². The van der Waals surface area contributed by atoms with E-state index in [1.807, 2.05) is 11.3 Å².